The lowest BCUT2D eigenvalue weighted by Crippen LogP contribution is -2.29. The summed E-state index contributed by atoms with van der Waals surface area (Å²) >= 11 is 0. The van der Waals surface area contributed by atoms with Crippen molar-refractivity contribution in [1.29, 1.82) is 0 Å². The van der Waals surface area contributed by atoms with Crippen LogP contribution >= 0.6 is 0 Å². The van der Waals surface area contributed by atoms with Crippen LogP contribution in [0.1, 0.15) is 29.8 Å². The Balaban J connectivity index is 2.02. The molecule has 27 heavy (non-hydrogen) atoms. The number of rotatable bonds is 8. The summed E-state index contributed by atoms with van der Waals surface area (Å²) < 4.78 is 24.0. The number of halogens is 1. The van der Waals surface area contributed by atoms with Gasteiger partial charge in [-0.2, -0.15) is 0 Å². The van der Waals surface area contributed by atoms with Crippen molar-refractivity contribution in [1.82, 2.24) is 5.32 Å². The molecule has 0 aliphatic heterocycles. The first-order chi connectivity index (χ1) is 12.9. The Bertz CT molecular complexity index is 808. The van der Waals surface area contributed by atoms with Gasteiger partial charge in [-0.3, -0.25) is 4.79 Å². The predicted molar refractivity (Wildman–Crippen MR) is 100 cm³/mol. The normalized spacial score (nSPS) is 10.4. The molecule has 0 aliphatic carbocycles. The van der Waals surface area contributed by atoms with Gasteiger partial charge in [0.15, 0.2) is 0 Å². The predicted octanol–water partition coefficient (Wildman–Crippen LogP) is 3.13. The van der Waals surface area contributed by atoms with Crippen LogP contribution in [0.5, 0.6) is 5.75 Å². The summed E-state index contributed by atoms with van der Waals surface area (Å²) in [5, 5.41) is 5.60. The second kappa shape index (κ2) is 9.56. The van der Waals surface area contributed by atoms with Crippen molar-refractivity contribution in [2.24, 2.45) is 0 Å². The minimum Gasteiger partial charge on any atom is -0.489 e. The molecule has 0 aliphatic rings. The number of hydrogen-bond donors (Lipinski definition) is 2. The van der Waals surface area contributed by atoms with Gasteiger partial charge in [0.2, 0.25) is 5.91 Å². The molecule has 144 valence electrons. The molecule has 0 saturated carbocycles. The standard InChI is InChI=1S/C20H23FN2O4/c1-13(2)27-18-9-8-14(20(25)26-3)10-17(18)22-12-19(24)23-11-15-6-4-5-7-16(15)21/h4-10,13,22H,11-12H2,1-3H3,(H,23,24). The number of anilines is 1. The van der Waals surface area contributed by atoms with E-state index in [0.29, 0.717) is 22.6 Å². The van der Waals surface area contributed by atoms with E-state index < -0.39 is 5.97 Å². The van der Waals surface area contributed by atoms with Crippen molar-refractivity contribution in [3.63, 3.8) is 0 Å². The molecule has 0 atom stereocenters. The van der Waals surface area contributed by atoms with Gasteiger partial charge in [-0.25, -0.2) is 9.18 Å². The van der Waals surface area contributed by atoms with Gasteiger partial charge >= 0.3 is 5.97 Å². The van der Waals surface area contributed by atoms with Gasteiger partial charge in [0.25, 0.3) is 0 Å². The zero-order chi connectivity index (χ0) is 19.8. The summed E-state index contributed by atoms with van der Waals surface area (Å²) in [6.07, 6.45) is -0.0793. The molecule has 2 N–H and O–H groups in total. The molecular formula is C20H23FN2O4. The van der Waals surface area contributed by atoms with Crippen LogP contribution in [0, 0.1) is 5.82 Å². The topological polar surface area (TPSA) is 76.7 Å². The highest BCUT2D eigenvalue weighted by Gasteiger charge is 2.13. The molecule has 0 saturated heterocycles. The van der Waals surface area contributed by atoms with Gasteiger partial charge in [-0.05, 0) is 38.1 Å². The first-order valence-corrected chi connectivity index (χ1v) is 8.53. The van der Waals surface area contributed by atoms with Crippen molar-refractivity contribution < 1.29 is 23.5 Å². The number of carbonyl (C=O) groups is 2. The Labute approximate surface area is 157 Å². The molecular weight excluding hydrogens is 351 g/mol. The SMILES string of the molecule is COC(=O)c1ccc(OC(C)C)c(NCC(=O)NCc2ccccc2F)c1. The molecule has 0 spiro atoms. The summed E-state index contributed by atoms with van der Waals surface area (Å²) in [5.74, 6) is -0.668. The van der Waals surface area contributed by atoms with Gasteiger partial charge in [0, 0.05) is 12.1 Å². The van der Waals surface area contributed by atoms with E-state index in [0.717, 1.165) is 0 Å². The molecule has 2 aromatic rings. The molecule has 0 unspecified atom stereocenters. The molecule has 2 rings (SSSR count). The number of ether oxygens (including phenoxy) is 2. The Morgan fingerprint density at radius 1 is 1.15 bits per heavy atom. The molecule has 2 aromatic carbocycles. The third-order valence-electron chi connectivity index (χ3n) is 3.64. The maximum Gasteiger partial charge on any atom is 0.337 e. The van der Waals surface area contributed by atoms with Crippen LogP contribution in [0.3, 0.4) is 0 Å². The fourth-order valence-electron chi connectivity index (χ4n) is 2.34. The second-order valence-corrected chi connectivity index (χ2v) is 6.09. The highest BCUT2D eigenvalue weighted by atomic mass is 19.1. The number of benzene rings is 2. The lowest BCUT2D eigenvalue weighted by molar-refractivity contribution is -0.119. The number of carbonyl (C=O) groups excluding carboxylic acids is 2. The van der Waals surface area contributed by atoms with Gasteiger partial charge in [-0.15, -0.1) is 0 Å². The Morgan fingerprint density at radius 3 is 2.56 bits per heavy atom. The second-order valence-electron chi connectivity index (χ2n) is 6.09. The van der Waals surface area contributed by atoms with Crippen LogP contribution in [-0.4, -0.2) is 31.6 Å². The maximum absolute atomic E-state index is 13.6. The summed E-state index contributed by atoms with van der Waals surface area (Å²) in [4.78, 5) is 23.8. The van der Waals surface area contributed by atoms with E-state index >= 15 is 0 Å². The summed E-state index contributed by atoms with van der Waals surface area (Å²) in [5.41, 5.74) is 1.23. The number of amides is 1. The number of esters is 1. The van der Waals surface area contributed by atoms with Crippen molar-refractivity contribution in [3.8, 4) is 5.75 Å². The molecule has 0 fully saturated rings. The monoisotopic (exact) mass is 374 g/mol. The van der Waals surface area contributed by atoms with Crippen LogP contribution in [0.15, 0.2) is 42.5 Å². The molecule has 1 amide bonds. The Hall–Kier alpha value is -3.09. The average Bonchev–Trinajstić information content (AvgIpc) is 2.65. The molecule has 6 nitrogen and oxygen atoms in total. The molecule has 7 heteroatoms. The maximum atomic E-state index is 13.6. The van der Waals surface area contributed by atoms with E-state index in [9.17, 15) is 14.0 Å². The summed E-state index contributed by atoms with van der Waals surface area (Å²) in [6.45, 7) is 3.77. The van der Waals surface area contributed by atoms with E-state index in [2.05, 4.69) is 10.6 Å². The molecule has 0 radical (unpaired) electrons. The fraction of sp³-hybridized carbons (Fsp3) is 0.300. The third kappa shape index (κ3) is 5.99. The lowest BCUT2D eigenvalue weighted by atomic mass is 10.2. The van der Waals surface area contributed by atoms with Crippen LogP contribution < -0.4 is 15.4 Å². The first-order valence-electron chi connectivity index (χ1n) is 8.53. The molecule has 0 heterocycles. The lowest BCUT2D eigenvalue weighted by Gasteiger charge is -2.16. The van der Waals surface area contributed by atoms with Crippen molar-refractivity contribution in [2.45, 2.75) is 26.5 Å². The molecule has 0 bridgehead atoms. The van der Waals surface area contributed by atoms with Gasteiger partial charge in [-0.1, -0.05) is 18.2 Å². The van der Waals surface area contributed by atoms with Crippen molar-refractivity contribution >= 4 is 17.6 Å². The van der Waals surface area contributed by atoms with Gasteiger partial charge in [0.1, 0.15) is 11.6 Å². The highest BCUT2D eigenvalue weighted by Crippen LogP contribution is 2.27. The summed E-state index contributed by atoms with van der Waals surface area (Å²) in [7, 11) is 1.30. The van der Waals surface area contributed by atoms with Crippen LogP contribution in [-0.2, 0) is 16.1 Å². The quantitative estimate of drug-likeness (QED) is 0.695. The van der Waals surface area contributed by atoms with Crippen LogP contribution in [0.25, 0.3) is 0 Å². The highest BCUT2D eigenvalue weighted by molar-refractivity contribution is 5.91. The van der Waals surface area contributed by atoms with E-state index in [1.165, 1.54) is 13.2 Å². The minimum absolute atomic E-state index is 0.0620. The molecule has 0 aromatic heterocycles. The third-order valence-corrected chi connectivity index (χ3v) is 3.64. The van der Waals surface area contributed by atoms with Crippen LogP contribution in [0.2, 0.25) is 0 Å². The number of hydrogen-bond acceptors (Lipinski definition) is 5. The van der Waals surface area contributed by atoms with E-state index in [1.807, 2.05) is 13.8 Å². The van der Waals surface area contributed by atoms with E-state index in [1.54, 1.807) is 36.4 Å². The van der Waals surface area contributed by atoms with Gasteiger partial charge in [0.05, 0.1) is 31.0 Å². The van der Waals surface area contributed by atoms with Crippen molar-refractivity contribution in [3.05, 3.63) is 59.4 Å². The first kappa shape index (κ1) is 20.2. The Kier molecular flexibility index (Phi) is 7.16. The fourth-order valence-corrected chi connectivity index (χ4v) is 2.34. The van der Waals surface area contributed by atoms with Crippen LogP contribution in [0.4, 0.5) is 10.1 Å². The number of methoxy groups -OCH3 is 1. The van der Waals surface area contributed by atoms with E-state index in [-0.39, 0.29) is 30.9 Å². The summed E-state index contributed by atoms with van der Waals surface area (Å²) in [6, 6.07) is 11.0. The zero-order valence-corrected chi connectivity index (χ0v) is 15.5. The smallest absolute Gasteiger partial charge is 0.337 e. The average molecular weight is 374 g/mol. The largest absolute Gasteiger partial charge is 0.489 e. The minimum atomic E-state index is -0.488. The Morgan fingerprint density at radius 2 is 1.89 bits per heavy atom. The van der Waals surface area contributed by atoms with E-state index in [4.69, 9.17) is 9.47 Å². The number of nitrogens with one attached hydrogen (secondary N) is 2. The zero-order valence-electron chi connectivity index (χ0n) is 15.5. The van der Waals surface area contributed by atoms with Crippen molar-refractivity contribution in [2.75, 3.05) is 19.0 Å². The van der Waals surface area contributed by atoms with Gasteiger partial charge < -0.3 is 20.1 Å².